The van der Waals surface area contributed by atoms with E-state index in [9.17, 15) is 14.4 Å². The lowest BCUT2D eigenvalue weighted by molar-refractivity contribution is -0.150. The zero-order valence-corrected chi connectivity index (χ0v) is 16.1. The fourth-order valence-corrected chi connectivity index (χ4v) is 3.47. The van der Waals surface area contributed by atoms with Crippen LogP contribution in [0.25, 0.3) is 0 Å². The molecule has 1 atom stereocenters. The molecule has 2 rings (SSSR count). The molecule has 1 aliphatic heterocycles. The molecule has 2 amide bonds. The van der Waals surface area contributed by atoms with Gasteiger partial charge in [0, 0.05) is 0 Å². The van der Waals surface area contributed by atoms with Crippen LogP contribution in [0.5, 0.6) is 0 Å². The van der Waals surface area contributed by atoms with E-state index in [0.29, 0.717) is 0 Å². The molecule has 6 nitrogen and oxygen atoms in total. The van der Waals surface area contributed by atoms with Gasteiger partial charge >= 0.3 is 12.1 Å². The van der Waals surface area contributed by atoms with Gasteiger partial charge in [-0.2, -0.15) is 0 Å². The zero-order valence-electron chi connectivity index (χ0n) is 16.1. The molecule has 2 aliphatic rings. The van der Waals surface area contributed by atoms with Crippen LogP contribution >= 0.6 is 0 Å². The van der Waals surface area contributed by atoms with Gasteiger partial charge in [0.15, 0.2) is 6.04 Å². The summed E-state index contributed by atoms with van der Waals surface area (Å²) in [7, 11) is 0. The molecule has 0 aromatic carbocycles. The molecule has 25 heavy (non-hydrogen) atoms. The van der Waals surface area contributed by atoms with E-state index in [0.717, 1.165) is 35.3 Å². The molecule has 0 aromatic heterocycles. The smallest absolute Gasteiger partial charge is 0.418 e. The van der Waals surface area contributed by atoms with Gasteiger partial charge in [-0.25, -0.2) is 14.5 Å². The molecular formula is C19H29NO5. The second-order valence-electron chi connectivity index (χ2n) is 8.55. The summed E-state index contributed by atoms with van der Waals surface area (Å²) >= 11 is 0. The number of ether oxygens (including phenoxy) is 2. The lowest BCUT2D eigenvalue weighted by atomic mass is 9.90. The second kappa shape index (κ2) is 6.81. The second-order valence-corrected chi connectivity index (χ2v) is 8.55. The lowest BCUT2D eigenvalue weighted by Crippen LogP contribution is -2.46. The van der Waals surface area contributed by atoms with Crippen molar-refractivity contribution in [1.29, 1.82) is 0 Å². The summed E-state index contributed by atoms with van der Waals surface area (Å²) < 4.78 is 10.5. The van der Waals surface area contributed by atoms with Crippen molar-refractivity contribution < 1.29 is 23.9 Å². The van der Waals surface area contributed by atoms with E-state index in [1.54, 1.807) is 27.7 Å². The highest BCUT2D eigenvalue weighted by molar-refractivity contribution is 6.03. The first-order chi connectivity index (χ1) is 11.4. The van der Waals surface area contributed by atoms with Crippen molar-refractivity contribution in [3.8, 4) is 0 Å². The maximum absolute atomic E-state index is 12.5. The molecule has 2 fully saturated rings. The largest absolute Gasteiger partial charge is 0.464 e. The number of nitrogens with zero attached hydrogens (tertiary/aromatic N) is 1. The first-order valence-electron chi connectivity index (χ1n) is 8.87. The number of esters is 1. The number of imide groups is 1. The average Bonchev–Trinajstić information content (AvgIpc) is 2.97. The van der Waals surface area contributed by atoms with E-state index in [2.05, 4.69) is 13.8 Å². The third kappa shape index (κ3) is 4.41. The number of rotatable bonds is 2. The maximum Gasteiger partial charge on any atom is 0.418 e. The molecule has 1 saturated heterocycles. The molecule has 0 bridgehead atoms. The highest BCUT2D eigenvalue weighted by atomic mass is 16.6. The summed E-state index contributed by atoms with van der Waals surface area (Å²) in [6, 6.07) is -0.994. The Kier molecular flexibility index (Phi) is 5.30. The highest BCUT2D eigenvalue weighted by Gasteiger charge is 2.48. The minimum atomic E-state index is -0.994. The lowest BCUT2D eigenvalue weighted by Gasteiger charge is -2.27. The topological polar surface area (TPSA) is 72.9 Å². The van der Waals surface area contributed by atoms with Gasteiger partial charge in [-0.05, 0) is 57.9 Å². The summed E-state index contributed by atoms with van der Waals surface area (Å²) in [6.07, 6.45) is 1.96. The van der Waals surface area contributed by atoms with Crippen LogP contribution in [0.15, 0.2) is 11.1 Å². The minimum Gasteiger partial charge on any atom is -0.464 e. The molecule has 1 saturated carbocycles. The molecule has 1 heterocycles. The van der Waals surface area contributed by atoms with E-state index in [-0.39, 0.29) is 18.4 Å². The molecule has 6 heteroatoms. The third-order valence-electron chi connectivity index (χ3n) is 4.55. The van der Waals surface area contributed by atoms with Crippen LogP contribution in [0, 0.1) is 5.41 Å². The highest BCUT2D eigenvalue weighted by Crippen LogP contribution is 2.45. The first-order valence-corrected chi connectivity index (χ1v) is 8.87. The van der Waals surface area contributed by atoms with Crippen molar-refractivity contribution in [2.24, 2.45) is 5.41 Å². The minimum absolute atomic E-state index is 0.0775. The molecule has 1 aliphatic carbocycles. The van der Waals surface area contributed by atoms with Crippen LogP contribution in [0.2, 0.25) is 0 Å². The predicted octanol–water partition coefficient (Wildman–Crippen LogP) is 3.59. The molecule has 140 valence electrons. The third-order valence-corrected chi connectivity index (χ3v) is 4.55. The number of hydrogen-bond acceptors (Lipinski definition) is 5. The van der Waals surface area contributed by atoms with Crippen molar-refractivity contribution in [3.63, 3.8) is 0 Å². The fourth-order valence-electron chi connectivity index (χ4n) is 3.47. The van der Waals surface area contributed by atoms with E-state index < -0.39 is 29.6 Å². The SMILES string of the molecule is CCOC(=O)[C@@H]1/C(=C2\CCC(C)(C)C2)CC(=O)N1C(=O)OC(C)(C)C. The quantitative estimate of drug-likeness (QED) is 0.561. The number of carbonyl (C=O) groups excluding carboxylic acids is 3. The van der Waals surface area contributed by atoms with E-state index in [1.807, 2.05) is 0 Å². The van der Waals surface area contributed by atoms with Crippen LogP contribution in [0.3, 0.4) is 0 Å². The van der Waals surface area contributed by atoms with E-state index in [4.69, 9.17) is 9.47 Å². The average molecular weight is 351 g/mol. The molecule has 0 aromatic rings. The van der Waals surface area contributed by atoms with E-state index >= 15 is 0 Å². The zero-order chi connectivity index (χ0) is 19.0. The van der Waals surface area contributed by atoms with Crippen molar-refractivity contribution in [2.45, 2.75) is 78.9 Å². The monoisotopic (exact) mass is 351 g/mol. The molecule has 0 N–H and O–H groups in total. The molecule has 0 unspecified atom stereocenters. The van der Waals surface area contributed by atoms with Crippen LogP contribution in [-0.2, 0) is 19.1 Å². The summed E-state index contributed by atoms with van der Waals surface area (Å²) in [6.45, 7) is 11.4. The summed E-state index contributed by atoms with van der Waals surface area (Å²) in [5, 5.41) is 0. The van der Waals surface area contributed by atoms with Crippen molar-refractivity contribution in [2.75, 3.05) is 6.61 Å². The summed E-state index contributed by atoms with van der Waals surface area (Å²) in [5.41, 5.74) is 1.22. The van der Waals surface area contributed by atoms with Gasteiger partial charge in [-0.15, -0.1) is 0 Å². The number of allylic oxidation sites excluding steroid dienone is 1. The van der Waals surface area contributed by atoms with Gasteiger partial charge in [0.1, 0.15) is 5.60 Å². The number of hydrogen-bond donors (Lipinski definition) is 0. The summed E-state index contributed by atoms with van der Waals surface area (Å²) in [4.78, 5) is 38.5. The Morgan fingerprint density at radius 1 is 1.28 bits per heavy atom. The molecule has 0 spiro atoms. The Balaban J connectivity index is 2.39. The number of carbonyl (C=O) groups is 3. The van der Waals surface area contributed by atoms with E-state index in [1.165, 1.54) is 0 Å². The van der Waals surface area contributed by atoms with Crippen LogP contribution in [0.4, 0.5) is 4.79 Å². The Labute approximate surface area is 149 Å². The van der Waals surface area contributed by atoms with Crippen LogP contribution < -0.4 is 0 Å². The standard InChI is InChI=1S/C19H29NO5/c1-7-24-16(22)15-13(12-8-9-19(5,6)11-12)10-14(21)20(15)17(23)25-18(2,3)4/h15H,7-11H2,1-6H3/b13-12+/t15-/m0/s1. The Morgan fingerprint density at radius 3 is 2.40 bits per heavy atom. The predicted molar refractivity (Wildman–Crippen MR) is 92.8 cm³/mol. The molecule has 0 radical (unpaired) electrons. The maximum atomic E-state index is 12.5. The number of likely N-dealkylation sites (tertiary alicyclic amines) is 1. The van der Waals surface area contributed by atoms with Crippen molar-refractivity contribution in [3.05, 3.63) is 11.1 Å². The fraction of sp³-hybridized carbons (Fsp3) is 0.737. The Hall–Kier alpha value is -1.85. The van der Waals surface area contributed by atoms with Gasteiger partial charge in [-0.3, -0.25) is 4.79 Å². The first kappa shape index (κ1) is 19.5. The van der Waals surface area contributed by atoms with Gasteiger partial charge in [0.2, 0.25) is 5.91 Å². The number of amides is 2. The molecular weight excluding hydrogens is 322 g/mol. The Bertz CT molecular complexity index is 612. The van der Waals surface area contributed by atoms with Crippen molar-refractivity contribution in [1.82, 2.24) is 4.90 Å². The Morgan fingerprint density at radius 2 is 1.92 bits per heavy atom. The normalized spacial score (nSPS) is 26.1. The summed E-state index contributed by atoms with van der Waals surface area (Å²) in [5.74, 6) is -0.967. The van der Waals surface area contributed by atoms with Crippen LogP contribution in [-0.4, -0.2) is 41.1 Å². The van der Waals surface area contributed by atoms with Gasteiger partial charge in [0.05, 0.1) is 13.0 Å². The van der Waals surface area contributed by atoms with Crippen molar-refractivity contribution >= 4 is 18.0 Å². The van der Waals surface area contributed by atoms with Gasteiger partial charge < -0.3 is 9.47 Å². The van der Waals surface area contributed by atoms with Crippen LogP contribution in [0.1, 0.15) is 67.2 Å². The van der Waals surface area contributed by atoms with Gasteiger partial charge in [-0.1, -0.05) is 19.4 Å². The van der Waals surface area contributed by atoms with Gasteiger partial charge in [0.25, 0.3) is 0 Å².